The van der Waals surface area contributed by atoms with Crippen molar-refractivity contribution in [3.63, 3.8) is 0 Å². The number of nitrogens with zero attached hydrogens (tertiary/aromatic N) is 1. The van der Waals surface area contributed by atoms with Crippen LogP contribution < -0.4 is 4.72 Å². The lowest BCUT2D eigenvalue weighted by Gasteiger charge is -2.10. The van der Waals surface area contributed by atoms with Crippen LogP contribution in [0.15, 0.2) is 59.6 Å². The van der Waals surface area contributed by atoms with Crippen LogP contribution in [-0.4, -0.2) is 30.1 Å². The van der Waals surface area contributed by atoms with Gasteiger partial charge in [-0.15, -0.1) is 0 Å². The lowest BCUT2D eigenvalue weighted by molar-refractivity contribution is -0.137. The molecule has 0 atom stereocenters. The van der Waals surface area contributed by atoms with Gasteiger partial charge in [-0.3, -0.25) is 14.3 Å². The summed E-state index contributed by atoms with van der Waals surface area (Å²) in [7, 11) is -4.11. The van der Waals surface area contributed by atoms with Gasteiger partial charge in [0.05, 0.1) is 16.8 Å². The van der Waals surface area contributed by atoms with E-state index in [1.165, 1.54) is 37.3 Å². The molecule has 0 aliphatic heterocycles. The van der Waals surface area contributed by atoms with Crippen LogP contribution in [0, 0.1) is 0 Å². The number of fused-ring (bicyclic) bond motifs is 1. The predicted octanol–water partition coefficient (Wildman–Crippen LogP) is 4.52. The average molecular weight is 468 g/mol. The number of pyridine rings is 1. The molecule has 0 amide bonds. The number of nitrogens with one attached hydrogen (secondary N) is 1. The summed E-state index contributed by atoms with van der Waals surface area (Å²) in [6.07, 6.45) is -4.52. The standard InChI is InChI=1S/C20H15F3N2O4S2/c1-12(26)30-11-18(27)13-2-6-16(7-3-13)25-31(28,29)19-9-4-14-10-15(20(21,22)23)5-8-17(14)24-19/h2-10,25H,11H2,1H3. The molecule has 0 saturated carbocycles. The van der Waals surface area contributed by atoms with Gasteiger partial charge in [0.25, 0.3) is 10.0 Å². The van der Waals surface area contributed by atoms with Gasteiger partial charge < -0.3 is 0 Å². The molecule has 2 aromatic carbocycles. The van der Waals surface area contributed by atoms with E-state index in [2.05, 4.69) is 9.71 Å². The summed E-state index contributed by atoms with van der Waals surface area (Å²) in [5.41, 5.74) is -0.266. The molecule has 0 spiro atoms. The van der Waals surface area contributed by atoms with Crippen LogP contribution in [0.3, 0.4) is 0 Å². The molecule has 0 aliphatic rings. The fourth-order valence-electron chi connectivity index (χ4n) is 2.61. The van der Waals surface area contributed by atoms with E-state index in [9.17, 15) is 31.2 Å². The first kappa shape index (κ1) is 22.8. The van der Waals surface area contributed by atoms with Gasteiger partial charge in [-0.05, 0) is 54.6 Å². The number of carbonyl (C=O) groups is 2. The minimum atomic E-state index is -4.52. The second-order valence-electron chi connectivity index (χ2n) is 6.44. The number of alkyl halides is 3. The highest BCUT2D eigenvalue weighted by Gasteiger charge is 2.30. The highest BCUT2D eigenvalue weighted by Crippen LogP contribution is 2.31. The number of rotatable bonds is 6. The largest absolute Gasteiger partial charge is 0.416 e. The van der Waals surface area contributed by atoms with Gasteiger partial charge in [-0.25, -0.2) is 4.98 Å². The lowest BCUT2D eigenvalue weighted by Crippen LogP contribution is -2.15. The molecule has 6 nitrogen and oxygen atoms in total. The van der Waals surface area contributed by atoms with E-state index in [0.717, 1.165) is 36.0 Å². The molecule has 0 radical (unpaired) electrons. The summed E-state index contributed by atoms with van der Waals surface area (Å²) in [5.74, 6) is -0.290. The van der Waals surface area contributed by atoms with Crippen molar-refractivity contribution in [3.05, 3.63) is 65.7 Å². The fourth-order valence-corrected chi connectivity index (χ4v) is 4.13. The van der Waals surface area contributed by atoms with Crippen LogP contribution in [0.4, 0.5) is 18.9 Å². The number of sulfonamides is 1. The first-order chi connectivity index (χ1) is 14.5. The number of Topliss-reactive ketones (excluding diaryl/α,β-unsaturated/α-hetero) is 1. The summed E-state index contributed by atoms with van der Waals surface area (Å²) in [5, 5.41) is -0.395. The third-order valence-electron chi connectivity index (χ3n) is 4.13. The summed E-state index contributed by atoms with van der Waals surface area (Å²) < 4.78 is 66.0. The van der Waals surface area contributed by atoms with Crippen LogP contribution in [-0.2, 0) is 21.0 Å². The maximum atomic E-state index is 12.8. The molecule has 1 aromatic heterocycles. The Morgan fingerprint density at radius 2 is 1.71 bits per heavy atom. The Kier molecular flexibility index (Phi) is 6.37. The van der Waals surface area contributed by atoms with Crippen LogP contribution in [0.25, 0.3) is 10.9 Å². The van der Waals surface area contributed by atoms with E-state index >= 15 is 0 Å². The third-order valence-corrected chi connectivity index (χ3v) is 6.23. The van der Waals surface area contributed by atoms with Crippen molar-refractivity contribution in [3.8, 4) is 0 Å². The monoisotopic (exact) mass is 468 g/mol. The number of carbonyl (C=O) groups excluding carboxylic acids is 2. The minimum Gasteiger partial charge on any atom is -0.293 e. The number of hydrogen-bond acceptors (Lipinski definition) is 6. The number of hydrogen-bond donors (Lipinski definition) is 1. The summed E-state index contributed by atoms with van der Waals surface area (Å²) in [4.78, 5) is 26.9. The third kappa shape index (κ3) is 5.61. The number of aromatic nitrogens is 1. The van der Waals surface area contributed by atoms with E-state index in [4.69, 9.17) is 0 Å². The van der Waals surface area contributed by atoms with E-state index in [0.29, 0.717) is 5.56 Å². The van der Waals surface area contributed by atoms with Crippen molar-refractivity contribution in [2.75, 3.05) is 10.5 Å². The van der Waals surface area contributed by atoms with Gasteiger partial charge in [-0.1, -0.05) is 11.8 Å². The van der Waals surface area contributed by atoms with E-state index in [1.54, 1.807) is 0 Å². The molecule has 162 valence electrons. The minimum absolute atomic E-state index is 0.0164. The fraction of sp³-hybridized carbons (Fsp3) is 0.150. The number of benzene rings is 2. The number of halogens is 3. The van der Waals surface area contributed by atoms with E-state index in [-0.39, 0.29) is 38.3 Å². The van der Waals surface area contributed by atoms with Crippen molar-refractivity contribution >= 4 is 49.3 Å². The maximum Gasteiger partial charge on any atom is 0.416 e. The molecule has 0 saturated heterocycles. The van der Waals surface area contributed by atoms with Crippen molar-refractivity contribution in [1.82, 2.24) is 4.98 Å². The van der Waals surface area contributed by atoms with Gasteiger partial charge in [-0.2, -0.15) is 21.6 Å². The Hall–Kier alpha value is -2.92. The second-order valence-corrected chi connectivity index (χ2v) is 9.22. The smallest absolute Gasteiger partial charge is 0.293 e. The quantitative estimate of drug-likeness (QED) is 0.535. The normalized spacial score (nSPS) is 12.0. The highest BCUT2D eigenvalue weighted by atomic mass is 32.2. The zero-order valence-corrected chi connectivity index (χ0v) is 17.6. The van der Waals surface area contributed by atoms with Gasteiger partial charge in [0.2, 0.25) is 0 Å². The molecule has 31 heavy (non-hydrogen) atoms. The average Bonchev–Trinajstić information content (AvgIpc) is 2.70. The zero-order valence-electron chi connectivity index (χ0n) is 15.9. The molecule has 0 bridgehead atoms. The van der Waals surface area contributed by atoms with Gasteiger partial charge in [0.1, 0.15) is 0 Å². The maximum absolute atomic E-state index is 12.8. The topological polar surface area (TPSA) is 93.2 Å². The van der Waals surface area contributed by atoms with E-state index in [1.807, 2.05) is 0 Å². The molecular formula is C20H15F3N2O4S2. The molecule has 3 rings (SSSR count). The summed E-state index contributed by atoms with van der Waals surface area (Å²) in [6, 6.07) is 10.8. The zero-order chi connectivity index (χ0) is 22.8. The van der Waals surface area contributed by atoms with Crippen LogP contribution >= 0.6 is 11.8 Å². The molecule has 0 fully saturated rings. The Morgan fingerprint density at radius 3 is 2.32 bits per heavy atom. The summed E-state index contributed by atoms with van der Waals surface area (Å²) in [6.45, 7) is 1.35. The van der Waals surface area contributed by atoms with Crippen LogP contribution in [0.1, 0.15) is 22.8 Å². The molecule has 1 N–H and O–H groups in total. The Morgan fingerprint density at radius 1 is 1.03 bits per heavy atom. The van der Waals surface area contributed by atoms with Gasteiger partial charge >= 0.3 is 6.18 Å². The first-order valence-electron chi connectivity index (χ1n) is 8.73. The van der Waals surface area contributed by atoms with Crippen molar-refractivity contribution in [2.45, 2.75) is 18.1 Å². The predicted molar refractivity (Wildman–Crippen MR) is 111 cm³/mol. The molecule has 0 aliphatic carbocycles. The molecule has 0 unspecified atom stereocenters. The lowest BCUT2D eigenvalue weighted by atomic mass is 10.1. The van der Waals surface area contributed by atoms with Crippen molar-refractivity contribution in [1.29, 1.82) is 0 Å². The summed E-state index contributed by atoms with van der Waals surface area (Å²) >= 11 is 0.878. The molecular weight excluding hydrogens is 453 g/mol. The second kappa shape index (κ2) is 8.67. The number of anilines is 1. The number of ketones is 1. The van der Waals surface area contributed by atoms with Gasteiger partial charge in [0.15, 0.2) is 15.9 Å². The number of thioether (sulfide) groups is 1. The van der Waals surface area contributed by atoms with Crippen molar-refractivity contribution < 1.29 is 31.2 Å². The van der Waals surface area contributed by atoms with Crippen LogP contribution in [0.5, 0.6) is 0 Å². The Labute approximate surface area is 179 Å². The molecule has 3 aromatic rings. The van der Waals surface area contributed by atoms with Gasteiger partial charge in [0, 0.05) is 23.6 Å². The van der Waals surface area contributed by atoms with Crippen LogP contribution in [0.2, 0.25) is 0 Å². The Balaban J connectivity index is 1.79. The molecule has 1 heterocycles. The van der Waals surface area contributed by atoms with E-state index < -0.39 is 21.8 Å². The molecule has 11 heteroatoms. The highest BCUT2D eigenvalue weighted by molar-refractivity contribution is 8.14. The SMILES string of the molecule is CC(=O)SCC(=O)c1ccc(NS(=O)(=O)c2ccc3cc(C(F)(F)F)ccc3n2)cc1. The van der Waals surface area contributed by atoms with Crippen molar-refractivity contribution in [2.24, 2.45) is 0 Å². The first-order valence-corrected chi connectivity index (χ1v) is 11.2. The Bertz CT molecular complexity index is 1260.